The van der Waals surface area contributed by atoms with Gasteiger partial charge in [0.05, 0.1) is 0 Å². The minimum Gasteiger partial charge on any atom is -0.374 e. The summed E-state index contributed by atoms with van der Waals surface area (Å²) in [5.41, 5.74) is 5.45. The van der Waals surface area contributed by atoms with E-state index >= 15 is 0 Å². The summed E-state index contributed by atoms with van der Waals surface area (Å²) in [5, 5.41) is 8.17. The third-order valence-corrected chi connectivity index (χ3v) is 3.92. The van der Waals surface area contributed by atoms with Crippen LogP contribution in [-0.4, -0.2) is 45.6 Å². The number of thioether (sulfide) groups is 1. The number of amides is 1. The highest BCUT2D eigenvalue weighted by molar-refractivity contribution is 7.99. The van der Waals surface area contributed by atoms with Gasteiger partial charge in [0.15, 0.2) is 0 Å². The van der Waals surface area contributed by atoms with Crippen LogP contribution in [0.5, 0.6) is 0 Å². The van der Waals surface area contributed by atoms with Crippen molar-refractivity contribution in [1.82, 2.24) is 15.1 Å². The second-order valence-corrected chi connectivity index (χ2v) is 5.44. The van der Waals surface area contributed by atoms with Gasteiger partial charge < -0.3 is 10.6 Å². The standard InChI is InChI=1S/C8H12N4OS2/c9-8-11-10-6(15-8)7(13)12-2-1-4-14-5-3-12/h1-5H2,(H2,9,11). The van der Waals surface area contributed by atoms with E-state index < -0.39 is 0 Å². The van der Waals surface area contributed by atoms with Gasteiger partial charge in [0, 0.05) is 18.8 Å². The van der Waals surface area contributed by atoms with Gasteiger partial charge in [-0.1, -0.05) is 11.3 Å². The van der Waals surface area contributed by atoms with Crippen molar-refractivity contribution in [3.63, 3.8) is 0 Å². The van der Waals surface area contributed by atoms with E-state index in [1.165, 1.54) is 0 Å². The summed E-state index contributed by atoms with van der Waals surface area (Å²) in [6.07, 6.45) is 1.05. The first-order valence-electron chi connectivity index (χ1n) is 4.73. The molecule has 0 saturated carbocycles. The molecule has 0 atom stereocenters. The maximum atomic E-state index is 11.9. The highest BCUT2D eigenvalue weighted by atomic mass is 32.2. The van der Waals surface area contributed by atoms with Gasteiger partial charge in [-0.3, -0.25) is 4.79 Å². The maximum Gasteiger partial charge on any atom is 0.284 e. The molecule has 1 fully saturated rings. The van der Waals surface area contributed by atoms with Gasteiger partial charge in [0.1, 0.15) is 0 Å². The quantitative estimate of drug-likeness (QED) is 0.787. The Morgan fingerprint density at radius 1 is 1.33 bits per heavy atom. The maximum absolute atomic E-state index is 11.9. The van der Waals surface area contributed by atoms with E-state index in [0.717, 1.165) is 42.4 Å². The molecule has 1 amide bonds. The molecule has 2 heterocycles. The van der Waals surface area contributed by atoms with Crippen LogP contribution >= 0.6 is 23.1 Å². The zero-order chi connectivity index (χ0) is 10.7. The Morgan fingerprint density at radius 3 is 2.93 bits per heavy atom. The first-order chi connectivity index (χ1) is 7.27. The summed E-state index contributed by atoms with van der Waals surface area (Å²) < 4.78 is 0. The highest BCUT2D eigenvalue weighted by Crippen LogP contribution is 2.16. The van der Waals surface area contributed by atoms with Crippen molar-refractivity contribution in [2.24, 2.45) is 0 Å². The largest absolute Gasteiger partial charge is 0.374 e. The van der Waals surface area contributed by atoms with Crippen molar-refractivity contribution in [3.8, 4) is 0 Å². The van der Waals surface area contributed by atoms with Crippen LogP contribution in [0.1, 0.15) is 16.2 Å². The fourth-order valence-corrected chi connectivity index (χ4v) is 2.87. The first kappa shape index (κ1) is 10.7. The average Bonchev–Trinajstić information content (AvgIpc) is 2.53. The predicted molar refractivity (Wildman–Crippen MR) is 62.2 cm³/mol. The summed E-state index contributed by atoms with van der Waals surface area (Å²) in [5.74, 6) is 2.09. The van der Waals surface area contributed by atoms with Crippen LogP contribution in [0.25, 0.3) is 0 Å². The Hall–Kier alpha value is -0.820. The van der Waals surface area contributed by atoms with Crippen molar-refractivity contribution < 1.29 is 4.79 Å². The second kappa shape index (κ2) is 4.80. The number of nitrogen functional groups attached to an aromatic ring is 1. The lowest BCUT2D eigenvalue weighted by Crippen LogP contribution is -2.32. The molecular formula is C8H12N4OS2. The average molecular weight is 244 g/mol. The van der Waals surface area contributed by atoms with Crippen LogP contribution in [0.15, 0.2) is 0 Å². The zero-order valence-electron chi connectivity index (χ0n) is 8.18. The van der Waals surface area contributed by atoms with Gasteiger partial charge in [-0.15, -0.1) is 10.2 Å². The summed E-state index contributed by atoms with van der Waals surface area (Å²) in [4.78, 5) is 13.8. The second-order valence-electron chi connectivity index (χ2n) is 3.20. The Kier molecular flexibility index (Phi) is 3.42. The molecule has 5 nitrogen and oxygen atoms in total. The molecule has 15 heavy (non-hydrogen) atoms. The first-order valence-corrected chi connectivity index (χ1v) is 6.70. The smallest absolute Gasteiger partial charge is 0.284 e. The molecular weight excluding hydrogens is 232 g/mol. The van der Waals surface area contributed by atoms with E-state index in [-0.39, 0.29) is 5.91 Å². The molecule has 7 heteroatoms. The molecule has 1 aliphatic rings. The molecule has 82 valence electrons. The Morgan fingerprint density at radius 2 is 2.20 bits per heavy atom. The van der Waals surface area contributed by atoms with Crippen LogP contribution in [0.3, 0.4) is 0 Å². The number of nitrogens with zero attached hydrogens (tertiary/aromatic N) is 3. The molecule has 1 aromatic rings. The number of carbonyl (C=O) groups is 1. The van der Waals surface area contributed by atoms with Gasteiger partial charge in [0.2, 0.25) is 10.1 Å². The number of anilines is 1. The molecule has 0 spiro atoms. The van der Waals surface area contributed by atoms with Crippen molar-refractivity contribution in [2.75, 3.05) is 30.3 Å². The summed E-state index contributed by atoms with van der Waals surface area (Å²) in [6.45, 7) is 1.61. The van der Waals surface area contributed by atoms with E-state index in [9.17, 15) is 4.79 Å². The van der Waals surface area contributed by atoms with Crippen molar-refractivity contribution in [1.29, 1.82) is 0 Å². The Labute approximate surface area is 96.0 Å². The topological polar surface area (TPSA) is 72.1 Å². The molecule has 2 rings (SSSR count). The van der Waals surface area contributed by atoms with Gasteiger partial charge in [-0.05, 0) is 12.2 Å². The van der Waals surface area contributed by atoms with Gasteiger partial charge in [-0.2, -0.15) is 11.8 Å². The number of aromatic nitrogens is 2. The van der Waals surface area contributed by atoms with E-state index in [4.69, 9.17) is 5.73 Å². The van der Waals surface area contributed by atoms with E-state index in [1.54, 1.807) is 0 Å². The van der Waals surface area contributed by atoms with Crippen molar-refractivity contribution >= 4 is 34.1 Å². The summed E-state index contributed by atoms with van der Waals surface area (Å²) in [7, 11) is 0. The summed E-state index contributed by atoms with van der Waals surface area (Å²) >= 11 is 3.04. The monoisotopic (exact) mass is 244 g/mol. The van der Waals surface area contributed by atoms with Crippen LogP contribution in [-0.2, 0) is 0 Å². The molecule has 0 bridgehead atoms. The molecule has 1 aromatic heterocycles. The van der Waals surface area contributed by atoms with Gasteiger partial charge in [0.25, 0.3) is 5.91 Å². The minimum atomic E-state index is -0.0355. The van der Waals surface area contributed by atoms with E-state index in [1.807, 2.05) is 16.7 Å². The lowest BCUT2D eigenvalue weighted by Gasteiger charge is -2.17. The predicted octanol–water partition coefficient (Wildman–Crippen LogP) is 0.699. The number of rotatable bonds is 1. The van der Waals surface area contributed by atoms with Crippen LogP contribution in [0.2, 0.25) is 0 Å². The third-order valence-electron chi connectivity index (χ3n) is 2.13. The van der Waals surface area contributed by atoms with Crippen LogP contribution in [0, 0.1) is 0 Å². The fraction of sp³-hybridized carbons (Fsp3) is 0.625. The lowest BCUT2D eigenvalue weighted by atomic mass is 10.4. The summed E-state index contributed by atoms with van der Waals surface area (Å²) in [6, 6.07) is 0. The van der Waals surface area contributed by atoms with Crippen molar-refractivity contribution in [2.45, 2.75) is 6.42 Å². The third kappa shape index (κ3) is 2.60. The van der Waals surface area contributed by atoms with Gasteiger partial charge >= 0.3 is 0 Å². The zero-order valence-corrected chi connectivity index (χ0v) is 9.81. The van der Waals surface area contributed by atoms with Crippen LogP contribution in [0.4, 0.5) is 5.13 Å². The van der Waals surface area contributed by atoms with Crippen molar-refractivity contribution in [3.05, 3.63) is 5.01 Å². The SMILES string of the molecule is Nc1nnc(C(=O)N2CCCSCC2)s1. The molecule has 1 aliphatic heterocycles. The molecule has 2 N–H and O–H groups in total. The molecule has 0 radical (unpaired) electrons. The molecule has 0 aromatic carbocycles. The number of hydrogen-bond donors (Lipinski definition) is 1. The Bertz CT molecular complexity index is 346. The molecule has 1 saturated heterocycles. The Balaban J connectivity index is 2.06. The van der Waals surface area contributed by atoms with E-state index in [2.05, 4.69) is 10.2 Å². The number of nitrogens with two attached hydrogens (primary N) is 1. The number of carbonyl (C=O) groups excluding carboxylic acids is 1. The van der Waals surface area contributed by atoms with E-state index in [0.29, 0.717) is 10.1 Å². The number of hydrogen-bond acceptors (Lipinski definition) is 6. The van der Waals surface area contributed by atoms with Crippen LogP contribution < -0.4 is 5.73 Å². The fourth-order valence-electron chi connectivity index (χ4n) is 1.41. The van der Waals surface area contributed by atoms with Gasteiger partial charge in [-0.25, -0.2) is 0 Å². The molecule has 0 aliphatic carbocycles. The molecule has 0 unspecified atom stereocenters. The normalized spacial score (nSPS) is 17.5. The highest BCUT2D eigenvalue weighted by Gasteiger charge is 2.20. The minimum absolute atomic E-state index is 0.0355. The lowest BCUT2D eigenvalue weighted by molar-refractivity contribution is 0.0767.